The Morgan fingerprint density at radius 1 is 1.57 bits per heavy atom. The Kier molecular flexibility index (Phi) is 4.21. The van der Waals surface area contributed by atoms with E-state index in [9.17, 15) is 0 Å². The van der Waals surface area contributed by atoms with E-state index in [2.05, 4.69) is 23.9 Å². The van der Waals surface area contributed by atoms with E-state index in [4.69, 9.17) is 5.11 Å². The fourth-order valence-electron chi connectivity index (χ4n) is 1.27. The van der Waals surface area contributed by atoms with Crippen LogP contribution in [0, 0.1) is 11.8 Å². The van der Waals surface area contributed by atoms with E-state index in [1.165, 1.54) is 0 Å². The van der Waals surface area contributed by atoms with Crippen LogP contribution in [0.5, 0.6) is 0 Å². The molecule has 0 saturated heterocycles. The van der Waals surface area contributed by atoms with E-state index in [0.717, 1.165) is 24.1 Å². The largest absolute Gasteiger partial charge is 0.395 e. The Labute approximate surface area is 84.8 Å². The molecule has 0 atom stereocenters. The second-order valence-corrected chi connectivity index (χ2v) is 3.19. The highest BCUT2D eigenvalue weighted by Gasteiger charge is 2.03. The molecule has 3 heteroatoms. The lowest BCUT2D eigenvalue weighted by Gasteiger charge is -1.91. The molecule has 1 aromatic heterocycles. The Morgan fingerprint density at radius 2 is 2.36 bits per heavy atom. The van der Waals surface area contributed by atoms with Crippen molar-refractivity contribution in [3.8, 4) is 11.8 Å². The van der Waals surface area contributed by atoms with Crippen molar-refractivity contribution in [1.82, 2.24) is 9.78 Å². The number of rotatable bonds is 3. The summed E-state index contributed by atoms with van der Waals surface area (Å²) in [6.45, 7) is 2.25. The first-order valence-electron chi connectivity index (χ1n) is 4.90. The van der Waals surface area contributed by atoms with Gasteiger partial charge in [0.1, 0.15) is 0 Å². The molecule has 0 radical (unpaired) electrons. The van der Waals surface area contributed by atoms with Crippen LogP contribution in [0.25, 0.3) is 0 Å². The topological polar surface area (TPSA) is 38.0 Å². The summed E-state index contributed by atoms with van der Waals surface area (Å²) in [5.41, 5.74) is 2.04. The second-order valence-electron chi connectivity index (χ2n) is 3.19. The summed E-state index contributed by atoms with van der Waals surface area (Å²) in [6, 6.07) is 0. The molecule has 76 valence electrons. The first-order valence-corrected chi connectivity index (χ1v) is 4.90. The van der Waals surface area contributed by atoms with Crippen molar-refractivity contribution in [2.24, 2.45) is 7.05 Å². The predicted molar refractivity (Wildman–Crippen MR) is 55.8 cm³/mol. The van der Waals surface area contributed by atoms with E-state index in [-0.39, 0.29) is 6.61 Å². The van der Waals surface area contributed by atoms with Gasteiger partial charge in [-0.2, -0.15) is 5.10 Å². The van der Waals surface area contributed by atoms with Gasteiger partial charge in [-0.15, -0.1) is 0 Å². The van der Waals surface area contributed by atoms with Gasteiger partial charge in [0.2, 0.25) is 0 Å². The van der Waals surface area contributed by atoms with Crippen LogP contribution in [0.4, 0.5) is 0 Å². The van der Waals surface area contributed by atoms with Gasteiger partial charge < -0.3 is 5.11 Å². The minimum atomic E-state index is 0.121. The first-order chi connectivity index (χ1) is 6.77. The number of nitrogens with zero attached hydrogens (tertiary/aromatic N) is 2. The van der Waals surface area contributed by atoms with Gasteiger partial charge in [-0.05, 0) is 6.42 Å². The number of aliphatic hydroxyl groups excluding tert-OH is 1. The summed E-state index contributed by atoms with van der Waals surface area (Å²) in [4.78, 5) is 0. The lowest BCUT2D eigenvalue weighted by atomic mass is 10.2. The average Bonchev–Trinajstić information content (AvgIpc) is 2.48. The molecule has 1 heterocycles. The van der Waals surface area contributed by atoms with Crippen LogP contribution in [0.3, 0.4) is 0 Å². The maximum absolute atomic E-state index is 8.60. The maximum atomic E-state index is 8.60. The number of hydrogen-bond acceptors (Lipinski definition) is 2. The SMILES string of the molecule is CCCc1nn(C)cc1C#CCCO. The number of aliphatic hydroxyl groups is 1. The molecule has 0 aromatic carbocycles. The third kappa shape index (κ3) is 2.90. The summed E-state index contributed by atoms with van der Waals surface area (Å²) >= 11 is 0. The zero-order valence-corrected chi connectivity index (χ0v) is 8.75. The summed E-state index contributed by atoms with van der Waals surface area (Å²) in [5, 5.41) is 12.9. The van der Waals surface area contributed by atoms with Crippen LogP contribution in [-0.2, 0) is 13.5 Å². The molecule has 0 fully saturated rings. The van der Waals surface area contributed by atoms with Gasteiger partial charge in [-0.3, -0.25) is 4.68 Å². The molecule has 0 aliphatic heterocycles. The number of aromatic nitrogens is 2. The zero-order chi connectivity index (χ0) is 10.4. The smallest absolute Gasteiger partial charge is 0.0780 e. The summed E-state index contributed by atoms with van der Waals surface area (Å²) in [7, 11) is 1.90. The van der Waals surface area contributed by atoms with Crippen molar-refractivity contribution in [2.75, 3.05) is 6.61 Å². The highest BCUT2D eigenvalue weighted by molar-refractivity contribution is 5.36. The fraction of sp³-hybridized carbons (Fsp3) is 0.545. The van der Waals surface area contributed by atoms with Gasteiger partial charge in [0.15, 0.2) is 0 Å². The molecule has 3 nitrogen and oxygen atoms in total. The van der Waals surface area contributed by atoms with Crippen molar-refractivity contribution in [3.63, 3.8) is 0 Å². The van der Waals surface area contributed by atoms with E-state index < -0.39 is 0 Å². The molecule has 1 rings (SSSR count). The molecule has 0 spiro atoms. The molecule has 1 aromatic rings. The summed E-state index contributed by atoms with van der Waals surface area (Å²) in [5.74, 6) is 5.94. The van der Waals surface area contributed by atoms with Gasteiger partial charge >= 0.3 is 0 Å². The molecule has 1 N–H and O–H groups in total. The number of hydrogen-bond donors (Lipinski definition) is 1. The molecule has 0 bridgehead atoms. The van der Waals surface area contributed by atoms with Crippen LogP contribution in [0.15, 0.2) is 6.20 Å². The van der Waals surface area contributed by atoms with Gasteiger partial charge in [0.05, 0.1) is 17.9 Å². The minimum Gasteiger partial charge on any atom is -0.395 e. The average molecular weight is 192 g/mol. The fourth-order valence-corrected chi connectivity index (χ4v) is 1.27. The van der Waals surface area contributed by atoms with Gasteiger partial charge in [0, 0.05) is 19.7 Å². The quantitative estimate of drug-likeness (QED) is 0.728. The molecule has 0 aliphatic rings. The number of aryl methyl sites for hydroxylation is 2. The van der Waals surface area contributed by atoms with Gasteiger partial charge in [0.25, 0.3) is 0 Å². The first kappa shape index (κ1) is 10.8. The Bertz CT molecular complexity index is 344. The van der Waals surface area contributed by atoms with Crippen LogP contribution in [0.2, 0.25) is 0 Å². The van der Waals surface area contributed by atoms with Crippen molar-refractivity contribution in [1.29, 1.82) is 0 Å². The van der Waals surface area contributed by atoms with Crippen LogP contribution in [-0.4, -0.2) is 21.5 Å². The third-order valence-corrected chi connectivity index (χ3v) is 1.85. The van der Waals surface area contributed by atoms with E-state index in [1.54, 1.807) is 4.68 Å². The highest BCUT2D eigenvalue weighted by atomic mass is 16.2. The van der Waals surface area contributed by atoms with Crippen LogP contribution >= 0.6 is 0 Å². The Balaban J connectivity index is 2.80. The van der Waals surface area contributed by atoms with Crippen molar-refractivity contribution < 1.29 is 5.11 Å². The lowest BCUT2D eigenvalue weighted by molar-refractivity contribution is 0.305. The van der Waals surface area contributed by atoms with Crippen molar-refractivity contribution >= 4 is 0 Å². The molecule has 0 aliphatic carbocycles. The van der Waals surface area contributed by atoms with E-state index in [1.807, 2.05) is 13.2 Å². The highest BCUT2D eigenvalue weighted by Crippen LogP contribution is 2.06. The zero-order valence-electron chi connectivity index (χ0n) is 8.75. The molecule has 0 amide bonds. The standard InChI is InChI=1S/C11H16N2O/c1-3-6-11-10(7-4-5-8-14)9-13(2)12-11/h9,14H,3,5-6,8H2,1-2H3. The predicted octanol–water partition coefficient (Wildman–Crippen LogP) is 1.11. The van der Waals surface area contributed by atoms with Crippen LogP contribution in [0.1, 0.15) is 31.0 Å². The molecule has 0 saturated carbocycles. The van der Waals surface area contributed by atoms with E-state index >= 15 is 0 Å². The van der Waals surface area contributed by atoms with Crippen molar-refractivity contribution in [2.45, 2.75) is 26.2 Å². The molecule has 14 heavy (non-hydrogen) atoms. The lowest BCUT2D eigenvalue weighted by Crippen LogP contribution is -1.90. The van der Waals surface area contributed by atoms with Crippen molar-refractivity contribution in [3.05, 3.63) is 17.5 Å². The molecular weight excluding hydrogens is 176 g/mol. The minimum absolute atomic E-state index is 0.121. The van der Waals surface area contributed by atoms with Gasteiger partial charge in [-0.25, -0.2) is 0 Å². The van der Waals surface area contributed by atoms with E-state index in [0.29, 0.717) is 6.42 Å². The normalized spacial score (nSPS) is 9.64. The molecular formula is C11H16N2O. The third-order valence-electron chi connectivity index (χ3n) is 1.85. The Hall–Kier alpha value is -1.27. The monoisotopic (exact) mass is 192 g/mol. The second kappa shape index (κ2) is 5.46. The van der Waals surface area contributed by atoms with Gasteiger partial charge in [-0.1, -0.05) is 25.2 Å². The summed E-state index contributed by atoms with van der Waals surface area (Å²) in [6.07, 6.45) is 4.49. The summed E-state index contributed by atoms with van der Waals surface area (Å²) < 4.78 is 1.79. The maximum Gasteiger partial charge on any atom is 0.0780 e. The molecule has 0 unspecified atom stereocenters. The van der Waals surface area contributed by atoms with Crippen LogP contribution < -0.4 is 0 Å². The Morgan fingerprint density at radius 3 is 3.00 bits per heavy atom.